The van der Waals surface area contributed by atoms with Crippen molar-refractivity contribution in [1.82, 2.24) is 0 Å². The lowest BCUT2D eigenvalue weighted by Crippen LogP contribution is -2.00. The number of hydrogen-bond donors (Lipinski definition) is 1. The van der Waals surface area contributed by atoms with Crippen molar-refractivity contribution in [3.63, 3.8) is 0 Å². The zero-order valence-corrected chi connectivity index (χ0v) is 7.28. The smallest absolute Gasteiger partial charge is 0.335 e. The second-order valence-electron chi connectivity index (χ2n) is 2.88. The Morgan fingerprint density at radius 3 is 2.62 bits per heavy atom. The van der Waals surface area contributed by atoms with Gasteiger partial charge in [0.15, 0.2) is 0 Å². The van der Waals surface area contributed by atoms with Crippen LogP contribution >= 0.6 is 0 Å². The van der Waals surface area contributed by atoms with E-state index in [1.54, 1.807) is 12.1 Å². The van der Waals surface area contributed by atoms with Crippen molar-refractivity contribution in [1.29, 1.82) is 0 Å². The minimum Gasteiger partial charge on any atom is -0.478 e. The minimum atomic E-state index is -0.967. The molecule has 1 N–H and O–H groups in total. The molecule has 0 saturated heterocycles. The summed E-state index contributed by atoms with van der Waals surface area (Å²) < 4.78 is 0. The molecule has 0 heterocycles. The van der Waals surface area contributed by atoms with Gasteiger partial charge in [0.25, 0.3) is 0 Å². The van der Waals surface area contributed by atoms with Crippen LogP contribution in [-0.2, 0) is 11.2 Å². The second kappa shape index (κ2) is 3.85. The Labute approximate surface area is 76.0 Å². The summed E-state index contributed by atoms with van der Waals surface area (Å²) in [6.45, 7) is 1.48. The number of Topliss-reactive ketones (excluding diaryl/α,β-unsaturated/α-hetero) is 1. The maximum absolute atomic E-state index is 10.7. The Bertz CT molecular complexity index is 342. The first-order valence-corrected chi connectivity index (χ1v) is 3.91. The molecule has 0 unspecified atom stereocenters. The van der Waals surface area contributed by atoms with Gasteiger partial charge in [-0.05, 0) is 24.6 Å². The van der Waals surface area contributed by atoms with Crippen molar-refractivity contribution < 1.29 is 14.7 Å². The molecule has 13 heavy (non-hydrogen) atoms. The van der Waals surface area contributed by atoms with Crippen LogP contribution in [0, 0.1) is 0 Å². The quantitative estimate of drug-likeness (QED) is 0.763. The third-order valence-electron chi connectivity index (χ3n) is 1.63. The average molecular weight is 178 g/mol. The zero-order chi connectivity index (χ0) is 9.84. The number of carboxylic acid groups (broad SMARTS) is 1. The normalized spacial score (nSPS) is 9.62. The summed E-state index contributed by atoms with van der Waals surface area (Å²) in [6.07, 6.45) is 0.293. The first-order valence-electron chi connectivity index (χ1n) is 3.91. The largest absolute Gasteiger partial charge is 0.478 e. The van der Waals surface area contributed by atoms with E-state index in [-0.39, 0.29) is 11.3 Å². The van der Waals surface area contributed by atoms with Gasteiger partial charge in [-0.3, -0.25) is 4.79 Å². The summed E-state index contributed by atoms with van der Waals surface area (Å²) in [5, 5.41) is 8.66. The van der Waals surface area contributed by atoms with Gasteiger partial charge in [-0.1, -0.05) is 12.1 Å². The van der Waals surface area contributed by atoms with E-state index < -0.39 is 5.97 Å². The predicted octanol–water partition coefficient (Wildman–Crippen LogP) is 1.52. The fraction of sp³-hybridized carbons (Fsp3) is 0.200. The van der Waals surface area contributed by atoms with Gasteiger partial charge in [0, 0.05) is 6.42 Å². The molecule has 0 aliphatic carbocycles. The van der Waals surface area contributed by atoms with Crippen LogP contribution in [0.25, 0.3) is 0 Å². The van der Waals surface area contributed by atoms with Crippen LogP contribution < -0.4 is 0 Å². The first kappa shape index (κ1) is 9.45. The molecule has 0 amide bonds. The van der Waals surface area contributed by atoms with E-state index in [0.717, 1.165) is 5.56 Å². The molecule has 1 aromatic rings. The van der Waals surface area contributed by atoms with Crippen molar-refractivity contribution in [3.05, 3.63) is 35.4 Å². The highest BCUT2D eigenvalue weighted by atomic mass is 16.4. The van der Waals surface area contributed by atoms with Crippen molar-refractivity contribution >= 4 is 11.8 Å². The molecular weight excluding hydrogens is 168 g/mol. The molecule has 3 heteroatoms. The van der Waals surface area contributed by atoms with Gasteiger partial charge in [-0.15, -0.1) is 0 Å². The summed E-state index contributed by atoms with van der Waals surface area (Å²) >= 11 is 0. The molecule has 0 spiro atoms. The van der Waals surface area contributed by atoms with Crippen LogP contribution in [0.2, 0.25) is 0 Å². The molecule has 3 nitrogen and oxygen atoms in total. The number of carbonyl (C=O) groups excluding carboxylic acids is 1. The maximum atomic E-state index is 10.7. The van der Waals surface area contributed by atoms with Crippen molar-refractivity contribution in [2.75, 3.05) is 0 Å². The van der Waals surface area contributed by atoms with Gasteiger partial charge < -0.3 is 5.11 Å². The summed E-state index contributed by atoms with van der Waals surface area (Å²) in [5.74, 6) is -0.937. The van der Waals surface area contributed by atoms with Crippen molar-refractivity contribution in [2.24, 2.45) is 0 Å². The average Bonchev–Trinajstić information content (AvgIpc) is 2.03. The van der Waals surface area contributed by atoms with E-state index in [4.69, 9.17) is 5.11 Å². The van der Waals surface area contributed by atoms with Gasteiger partial charge in [-0.2, -0.15) is 0 Å². The number of carboxylic acids is 1. The standard InChI is InChI=1S/C10H10O3/c1-7(11)5-8-3-2-4-9(6-8)10(12)13/h2-4,6H,5H2,1H3,(H,12,13). The summed E-state index contributed by atoms with van der Waals surface area (Å²) in [7, 11) is 0. The van der Waals surface area contributed by atoms with Crippen molar-refractivity contribution in [3.8, 4) is 0 Å². The Balaban J connectivity index is 2.91. The molecule has 0 bridgehead atoms. The molecule has 1 aromatic carbocycles. The van der Waals surface area contributed by atoms with E-state index in [1.165, 1.54) is 19.1 Å². The predicted molar refractivity (Wildman–Crippen MR) is 47.8 cm³/mol. The third kappa shape index (κ3) is 2.71. The van der Waals surface area contributed by atoms with E-state index >= 15 is 0 Å². The van der Waals surface area contributed by atoms with E-state index in [0.29, 0.717) is 6.42 Å². The van der Waals surface area contributed by atoms with Gasteiger partial charge in [-0.25, -0.2) is 4.79 Å². The van der Waals surface area contributed by atoms with Crippen LogP contribution in [0.15, 0.2) is 24.3 Å². The van der Waals surface area contributed by atoms with E-state index in [9.17, 15) is 9.59 Å². The Morgan fingerprint density at radius 2 is 2.08 bits per heavy atom. The van der Waals surface area contributed by atoms with Crippen LogP contribution in [0.3, 0.4) is 0 Å². The molecule has 0 aliphatic rings. The molecule has 68 valence electrons. The lowest BCUT2D eigenvalue weighted by Gasteiger charge is -1.98. The maximum Gasteiger partial charge on any atom is 0.335 e. The van der Waals surface area contributed by atoms with E-state index in [2.05, 4.69) is 0 Å². The lowest BCUT2D eigenvalue weighted by molar-refractivity contribution is -0.116. The Hall–Kier alpha value is -1.64. The third-order valence-corrected chi connectivity index (χ3v) is 1.63. The summed E-state index contributed by atoms with van der Waals surface area (Å²) in [6, 6.07) is 6.41. The van der Waals surface area contributed by atoms with E-state index in [1.807, 2.05) is 0 Å². The fourth-order valence-corrected chi connectivity index (χ4v) is 1.10. The minimum absolute atomic E-state index is 0.0301. The van der Waals surface area contributed by atoms with Crippen LogP contribution in [0.5, 0.6) is 0 Å². The highest BCUT2D eigenvalue weighted by molar-refractivity contribution is 5.88. The van der Waals surface area contributed by atoms with Crippen LogP contribution in [0.4, 0.5) is 0 Å². The molecule has 0 aromatic heterocycles. The molecular formula is C10H10O3. The number of aromatic carboxylic acids is 1. The van der Waals surface area contributed by atoms with Gasteiger partial charge in [0.05, 0.1) is 5.56 Å². The van der Waals surface area contributed by atoms with Crippen molar-refractivity contribution in [2.45, 2.75) is 13.3 Å². The Kier molecular flexibility index (Phi) is 2.80. The lowest BCUT2D eigenvalue weighted by atomic mass is 10.1. The number of benzene rings is 1. The second-order valence-corrected chi connectivity index (χ2v) is 2.88. The SMILES string of the molecule is CC(=O)Cc1cccc(C(=O)O)c1. The number of carbonyl (C=O) groups is 2. The molecule has 0 atom stereocenters. The van der Waals surface area contributed by atoms with Gasteiger partial charge >= 0.3 is 5.97 Å². The first-order chi connectivity index (χ1) is 6.09. The van der Waals surface area contributed by atoms with Crippen LogP contribution in [0.1, 0.15) is 22.8 Å². The molecule has 0 fully saturated rings. The molecule has 1 rings (SSSR count). The molecule has 0 saturated carbocycles. The van der Waals surface area contributed by atoms with Crippen LogP contribution in [-0.4, -0.2) is 16.9 Å². The Morgan fingerprint density at radius 1 is 1.38 bits per heavy atom. The zero-order valence-electron chi connectivity index (χ0n) is 7.28. The highest BCUT2D eigenvalue weighted by Gasteiger charge is 2.03. The van der Waals surface area contributed by atoms with Gasteiger partial charge in [0.1, 0.15) is 5.78 Å². The molecule has 0 radical (unpaired) electrons. The number of ketones is 1. The fourth-order valence-electron chi connectivity index (χ4n) is 1.10. The number of hydrogen-bond acceptors (Lipinski definition) is 2. The molecule has 0 aliphatic heterocycles. The summed E-state index contributed by atoms with van der Waals surface area (Å²) in [4.78, 5) is 21.3. The van der Waals surface area contributed by atoms with Gasteiger partial charge in [0.2, 0.25) is 0 Å². The monoisotopic (exact) mass is 178 g/mol. The topological polar surface area (TPSA) is 54.4 Å². The summed E-state index contributed by atoms with van der Waals surface area (Å²) in [5.41, 5.74) is 0.964. The number of rotatable bonds is 3. The highest BCUT2D eigenvalue weighted by Crippen LogP contribution is 2.06.